The molecule has 0 aromatic rings. The normalized spacial score (nSPS) is 18.8. The minimum Gasteiger partial charge on any atom is -0.481 e. The van der Waals surface area contributed by atoms with Gasteiger partial charge in [0.1, 0.15) is 0 Å². The van der Waals surface area contributed by atoms with Crippen LogP contribution in [-0.4, -0.2) is 30.2 Å². The van der Waals surface area contributed by atoms with Gasteiger partial charge >= 0.3 is 12.0 Å². The minimum absolute atomic E-state index is 0.230. The van der Waals surface area contributed by atoms with Gasteiger partial charge in [0.2, 0.25) is 0 Å². The van der Waals surface area contributed by atoms with Crippen molar-refractivity contribution in [2.75, 3.05) is 13.1 Å². The van der Waals surface area contributed by atoms with E-state index in [2.05, 4.69) is 10.6 Å². The summed E-state index contributed by atoms with van der Waals surface area (Å²) in [6.45, 7) is 2.60. The fraction of sp³-hybridized carbons (Fsp3) is 0.818. The van der Waals surface area contributed by atoms with Crippen LogP contribution in [0, 0.1) is 5.41 Å². The van der Waals surface area contributed by atoms with Gasteiger partial charge in [-0.3, -0.25) is 4.79 Å². The van der Waals surface area contributed by atoms with E-state index < -0.39 is 11.4 Å². The first-order valence-corrected chi connectivity index (χ1v) is 5.86. The SMILES string of the molecule is CCNC(=O)NCC1(C(=O)O)CCCCC1. The number of hydrogen-bond donors (Lipinski definition) is 3. The number of carboxylic acids is 1. The summed E-state index contributed by atoms with van der Waals surface area (Å²) in [5.41, 5.74) is -0.747. The van der Waals surface area contributed by atoms with Crippen LogP contribution >= 0.6 is 0 Å². The van der Waals surface area contributed by atoms with Crippen LogP contribution in [0.2, 0.25) is 0 Å². The van der Waals surface area contributed by atoms with Crippen LogP contribution in [0.15, 0.2) is 0 Å². The number of nitrogens with one attached hydrogen (secondary N) is 2. The molecule has 5 heteroatoms. The van der Waals surface area contributed by atoms with Crippen molar-refractivity contribution in [1.82, 2.24) is 10.6 Å². The molecule has 0 unspecified atom stereocenters. The molecule has 3 N–H and O–H groups in total. The second kappa shape index (κ2) is 5.72. The van der Waals surface area contributed by atoms with Gasteiger partial charge in [-0.2, -0.15) is 0 Å². The molecule has 0 aromatic heterocycles. The fourth-order valence-corrected chi connectivity index (χ4v) is 2.17. The first kappa shape index (κ1) is 12.8. The standard InChI is InChI=1S/C11H20N2O3/c1-2-12-10(16)13-8-11(9(14)15)6-4-3-5-7-11/h2-8H2,1H3,(H,14,15)(H2,12,13,16). The average Bonchev–Trinajstić information content (AvgIpc) is 2.28. The van der Waals surface area contributed by atoms with Gasteiger partial charge in [-0.05, 0) is 19.8 Å². The molecule has 2 amide bonds. The molecule has 1 saturated carbocycles. The van der Waals surface area contributed by atoms with Gasteiger partial charge in [0, 0.05) is 13.1 Å². The van der Waals surface area contributed by atoms with Gasteiger partial charge in [-0.1, -0.05) is 19.3 Å². The van der Waals surface area contributed by atoms with Crippen molar-refractivity contribution < 1.29 is 14.7 Å². The molecular weight excluding hydrogens is 208 g/mol. The summed E-state index contributed by atoms with van der Waals surface area (Å²) in [6, 6.07) is -0.284. The summed E-state index contributed by atoms with van der Waals surface area (Å²) in [4.78, 5) is 22.5. The van der Waals surface area contributed by atoms with E-state index >= 15 is 0 Å². The molecule has 0 heterocycles. The van der Waals surface area contributed by atoms with E-state index in [4.69, 9.17) is 0 Å². The van der Waals surface area contributed by atoms with Crippen molar-refractivity contribution in [2.24, 2.45) is 5.41 Å². The van der Waals surface area contributed by atoms with Crippen molar-refractivity contribution in [3.05, 3.63) is 0 Å². The van der Waals surface area contributed by atoms with Crippen molar-refractivity contribution >= 4 is 12.0 Å². The van der Waals surface area contributed by atoms with E-state index in [-0.39, 0.29) is 12.6 Å². The number of carbonyl (C=O) groups excluding carboxylic acids is 1. The summed E-state index contributed by atoms with van der Waals surface area (Å²) in [6.07, 6.45) is 4.28. The van der Waals surface area contributed by atoms with Gasteiger partial charge in [-0.25, -0.2) is 4.79 Å². The predicted molar refractivity (Wildman–Crippen MR) is 60.2 cm³/mol. The lowest BCUT2D eigenvalue weighted by Crippen LogP contribution is -2.47. The zero-order valence-corrected chi connectivity index (χ0v) is 9.71. The van der Waals surface area contributed by atoms with Crippen LogP contribution < -0.4 is 10.6 Å². The van der Waals surface area contributed by atoms with Gasteiger partial charge in [0.25, 0.3) is 0 Å². The average molecular weight is 228 g/mol. The lowest BCUT2D eigenvalue weighted by Gasteiger charge is -2.33. The topological polar surface area (TPSA) is 78.4 Å². The number of hydrogen-bond acceptors (Lipinski definition) is 2. The molecule has 1 fully saturated rings. The molecule has 16 heavy (non-hydrogen) atoms. The summed E-state index contributed by atoms with van der Waals surface area (Å²) >= 11 is 0. The fourth-order valence-electron chi connectivity index (χ4n) is 2.17. The van der Waals surface area contributed by atoms with Crippen LogP contribution in [0.5, 0.6) is 0 Å². The summed E-state index contributed by atoms with van der Waals surface area (Å²) < 4.78 is 0. The first-order valence-electron chi connectivity index (χ1n) is 5.86. The lowest BCUT2D eigenvalue weighted by atomic mass is 9.74. The van der Waals surface area contributed by atoms with E-state index in [0.717, 1.165) is 19.3 Å². The number of urea groups is 1. The second-order valence-corrected chi connectivity index (χ2v) is 4.36. The highest BCUT2D eigenvalue weighted by atomic mass is 16.4. The Kier molecular flexibility index (Phi) is 4.58. The van der Waals surface area contributed by atoms with Gasteiger partial charge in [0.05, 0.1) is 5.41 Å². The van der Waals surface area contributed by atoms with Crippen LogP contribution in [0.4, 0.5) is 4.79 Å². The van der Waals surface area contributed by atoms with Gasteiger partial charge in [0.15, 0.2) is 0 Å². The molecule has 1 aliphatic rings. The number of carboxylic acid groups (broad SMARTS) is 1. The highest BCUT2D eigenvalue weighted by Crippen LogP contribution is 2.35. The number of carbonyl (C=O) groups is 2. The summed E-state index contributed by atoms with van der Waals surface area (Å²) in [5, 5.41) is 14.5. The van der Waals surface area contributed by atoms with Crippen LogP contribution in [0.3, 0.4) is 0 Å². The molecule has 0 radical (unpaired) electrons. The maximum atomic E-state index is 11.3. The Labute approximate surface area is 95.6 Å². The minimum atomic E-state index is -0.788. The molecule has 0 aliphatic heterocycles. The largest absolute Gasteiger partial charge is 0.481 e. The Bertz CT molecular complexity index is 260. The van der Waals surface area contributed by atoms with Crippen molar-refractivity contribution in [3.63, 3.8) is 0 Å². The smallest absolute Gasteiger partial charge is 0.314 e. The molecule has 5 nitrogen and oxygen atoms in total. The Morgan fingerprint density at radius 1 is 1.19 bits per heavy atom. The monoisotopic (exact) mass is 228 g/mol. The molecule has 0 spiro atoms. The Hall–Kier alpha value is -1.26. The third-order valence-electron chi connectivity index (χ3n) is 3.19. The van der Waals surface area contributed by atoms with E-state index in [1.165, 1.54) is 0 Å². The summed E-state index contributed by atoms with van der Waals surface area (Å²) in [5.74, 6) is -0.788. The van der Waals surface area contributed by atoms with Crippen molar-refractivity contribution in [1.29, 1.82) is 0 Å². The van der Waals surface area contributed by atoms with E-state index in [1.54, 1.807) is 0 Å². The molecule has 1 rings (SSSR count). The lowest BCUT2D eigenvalue weighted by molar-refractivity contribution is -0.150. The van der Waals surface area contributed by atoms with Crippen LogP contribution in [0.25, 0.3) is 0 Å². The quantitative estimate of drug-likeness (QED) is 0.679. The van der Waals surface area contributed by atoms with Gasteiger partial charge < -0.3 is 15.7 Å². The predicted octanol–water partition coefficient (Wildman–Crippen LogP) is 1.34. The number of amides is 2. The Balaban J connectivity index is 2.51. The third kappa shape index (κ3) is 3.12. The Morgan fingerprint density at radius 3 is 2.31 bits per heavy atom. The maximum absolute atomic E-state index is 11.3. The molecule has 0 saturated heterocycles. The highest BCUT2D eigenvalue weighted by Gasteiger charge is 2.39. The second-order valence-electron chi connectivity index (χ2n) is 4.36. The highest BCUT2D eigenvalue weighted by molar-refractivity contribution is 5.78. The molecule has 0 aromatic carbocycles. The molecular formula is C11H20N2O3. The number of rotatable bonds is 4. The Morgan fingerprint density at radius 2 is 1.81 bits per heavy atom. The molecule has 0 bridgehead atoms. The maximum Gasteiger partial charge on any atom is 0.314 e. The van der Waals surface area contributed by atoms with E-state index in [9.17, 15) is 14.7 Å². The van der Waals surface area contributed by atoms with Gasteiger partial charge in [-0.15, -0.1) is 0 Å². The molecule has 1 aliphatic carbocycles. The van der Waals surface area contributed by atoms with E-state index in [0.29, 0.717) is 19.4 Å². The number of aliphatic carboxylic acids is 1. The van der Waals surface area contributed by atoms with E-state index in [1.807, 2.05) is 6.92 Å². The van der Waals surface area contributed by atoms with Crippen molar-refractivity contribution in [3.8, 4) is 0 Å². The molecule has 0 atom stereocenters. The van der Waals surface area contributed by atoms with Crippen LogP contribution in [-0.2, 0) is 4.79 Å². The zero-order valence-electron chi connectivity index (χ0n) is 9.71. The summed E-state index contributed by atoms with van der Waals surface area (Å²) in [7, 11) is 0. The van der Waals surface area contributed by atoms with Crippen LogP contribution in [0.1, 0.15) is 39.0 Å². The van der Waals surface area contributed by atoms with Crippen molar-refractivity contribution in [2.45, 2.75) is 39.0 Å². The zero-order chi connectivity index (χ0) is 12.0. The molecule has 92 valence electrons. The third-order valence-corrected chi connectivity index (χ3v) is 3.19. The first-order chi connectivity index (χ1) is 7.60.